The van der Waals surface area contributed by atoms with Crippen LogP contribution < -0.4 is 5.32 Å². The van der Waals surface area contributed by atoms with E-state index in [0.717, 1.165) is 9.78 Å². The second-order valence-electron chi connectivity index (χ2n) is 5.52. The smallest absolute Gasteiger partial charge is 0.325 e. The highest BCUT2D eigenvalue weighted by Gasteiger charge is 2.51. The van der Waals surface area contributed by atoms with Crippen molar-refractivity contribution in [3.05, 3.63) is 53.8 Å². The van der Waals surface area contributed by atoms with Crippen LogP contribution in [0.15, 0.2) is 50.9 Å². The van der Waals surface area contributed by atoms with Crippen molar-refractivity contribution in [2.75, 3.05) is 0 Å². The first kappa shape index (κ1) is 14.7. The number of hydrogen-bond donors (Lipinski definition) is 1. The Hall–Kier alpha value is -2.87. The van der Waals surface area contributed by atoms with E-state index in [1.165, 1.54) is 17.6 Å². The number of carbonyl (C=O) groups is 2. The molecule has 0 radical (unpaired) electrons. The van der Waals surface area contributed by atoms with E-state index in [1.54, 1.807) is 25.3 Å². The lowest BCUT2D eigenvalue weighted by molar-refractivity contribution is -0.132. The van der Waals surface area contributed by atoms with Gasteiger partial charge in [0.1, 0.15) is 12.3 Å². The van der Waals surface area contributed by atoms with Crippen molar-refractivity contribution in [2.24, 2.45) is 0 Å². The molecule has 0 saturated carbocycles. The summed E-state index contributed by atoms with van der Waals surface area (Å²) < 4.78 is 10.9. The summed E-state index contributed by atoms with van der Waals surface area (Å²) in [5.41, 5.74) is -1.22. The molecule has 0 spiro atoms. The summed E-state index contributed by atoms with van der Waals surface area (Å²) in [6.07, 6.45) is 3.05. The van der Waals surface area contributed by atoms with Crippen LogP contribution in [0.4, 0.5) is 4.79 Å². The molecule has 3 amide bonds. The van der Waals surface area contributed by atoms with E-state index in [2.05, 4.69) is 10.3 Å². The fraction of sp³-hybridized carbons (Fsp3) is 0.188. The number of thiophene rings is 1. The molecule has 0 bridgehead atoms. The molecule has 3 aromatic heterocycles. The van der Waals surface area contributed by atoms with Crippen molar-refractivity contribution in [3.8, 4) is 10.6 Å². The molecule has 0 aromatic carbocycles. The van der Waals surface area contributed by atoms with Crippen LogP contribution in [0, 0.1) is 0 Å². The van der Waals surface area contributed by atoms with Gasteiger partial charge in [0.15, 0.2) is 11.3 Å². The van der Waals surface area contributed by atoms with Crippen LogP contribution in [0.3, 0.4) is 0 Å². The normalized spacial score (nSPS) is 20.6. The minimum absolute atomic E-state index is 0.0354. The molecule has 1 atom stereocenters. The maximum atomic E-state index is 12.7. The molecule has 1 fully saturated rings. The number of hydrogen-bond acceptors (Lipinski definition) is 6. The lowest BCUT2D eigenvalue weighted by Gasteiger charge is -2.18. The monoisotopic (exact) mass is 343 g/mol. The van der Waals surface area contributed by atoms with E-state index in [0.29, 0.717) is 17.4 Å². The summed E-state index contributed by atoms with van der Waals surface area (Å²) in [5, 5.41) is 4.60. The number of nitrogens with zero attached hydrogens (tertiary/aromatic N) is 2. The lowest BCUT2D eigenvalue weighted by Crippen LogP contribution is -2.40. The summed E-state index contributed by atoms with van der Waals surface area (Å²) in [5.74, 6) is 0.889. The first-order chi connectivity index (χ1) is 11.6. The predicted molar refractivity (Wildman–Crippen MR) is 85.0 cm³/mol. The van der Waals surface area contributed by atoms with Gasteiger partial charge in [-0.15, -0.1) is 11.3 Å². The highest BCUT2D eigenvalue weighted by Crippen LogP contribution is 2.31. The minimum Gasteiger partial charge on any atom is -0.466 e. The fourth-order valence-electron chi connectivity index (χ4n) is 2.62. The number of amides is 3. The molecule has 1 saturated heterocycles. The van der Waals surface area contributed by atoms with E-state index in [4.69, 9.17) is 8.83 Å². The average Bonchev–Trinajstić information content (AvgIpc) is 3.34. The molecule has 24 heavy (non-hydrogen) atoms. The molecule has 4 rings (SSSR count). The zero-order valence-electron chi connectivity index (χ0n) is 12.7. The van der Waals surface area contributed by atoms with Gasteiger partial charge in [-0.05, 0) is 30.5 Å². The summed E-state index contributed by atoms with van der Waals surface area (Å²) in [4.78, 5) is 31.1. The third kappa shape index (κ3) is 2.23. The Labute approximate surface area is 140 Å². The lowest BCUT2D eigenvalue weighted by atomic mass is 9.99. The van der Waals surface area contributed by atoms with Gasteiger partial charge in [-0.3, -0.25) is 9.69 Å². The van der Waals surface area contributed by atoms with E-state index < -0.39 is 17.5 Å². The largest absolute Gasteiger partial charge is 0.466 e. The van der Waals surface area contributed by atoms with E-state index in [-0.39, 0.29) is 6.54 Å². The van der Waals surface area contributed by atoms with Crippen LogP contribution in [-0.4, -0.2) is 21.8 Å². The van der Waals surface area contributed by atoms with Crippen molar-refractivity contribution >= 4 is 23.3 Å². The molecule has 1 aliphatic heterocycles. The third-order valence-corrected chi connectivity index (χ3v) is 4.78. The fourth-order valence-corrected chi connectivity index (χ4v) is 3.29. The SMILES string of the molecule is C[C@@]1(c2ccco2)NC(=O)N(Cc2ncc(-c3cccs3)o2)C1=O. The van der Waals surface area contributed by atoms with Gasteiger partial charge >= 0.3 is 6.03 Å². The summed E-state index contributed by atoms with van der Waals surface area (Å²) in [6, 6.07) is 6.64. The zero-order chi connectivity index (χ0) is 16.7. The van der Waals surface area contributed by atoms with Crippen molar-refractivity contribution in [3.63, 3.8) is 0 Å². The van der Waals surface area contributed by atoms with Gasteiger partial charge in [-0.1, -0.05) is 6.07 Å². The molecule has 0 aliphatic carbocycles. The number of rotatable bonds is 4. The number of furan rings is 1. The molecule has 7 nitrogen and oxygen atoms in total. The Balaban J connectivity index is 1.57. The summed E-state index contributed by atoms with van der Waals surface area (Å²) in [7, 11) is 0. The van der Waals surface area contributed by atoms with Crippen LogP contribution in [0.25, 0.3) is 10.6 Å². The molecular formula is C16H13N3O4S. The van der Waals surface area contributed by atoms with Crippen LogP contribution in [0.1, 0.15) is 18.6 Å². The predicted octanol–water partition coefficient (Wildman–Crippen LogP) is 2.96. The Kier molecular flexibility index (Phi) is 3.27. The van der Waals surface area contributed by atoms with E-state index in [1.807, 2.05) is 17.5 Å². The van der Waals surface area contributed by atoms with Gasteiger partial charge in [0.25, 0.3) is 5.91 Å². The van der Waals surface area contributed by atoms with Crippen molar-refractivity contribution in [1.29, 1.82) is 0 Å². The Morgan fingerprint density at radius 2 is 2.21 bits per heavy atom. The molecule has 3 aromatic rings. The Morgan fingerprint density at radius 3 is 2.92 bits per heavy atom. The number of urea groups is 1. The highest BCUT2D eigenvalue weighted by atomic mass is 32.1. The molecule has 1 aliphatic rings. The van der Waals surface area contributed by atoms with Crippen LogP contribution in [-0.2, 0) is 16.9 Å². The number of imide groups is 1. The number of nitrogens with one attached hydrogen (secondary N) is 1. The van der Waals surface area contributed by atoms with Crippen LogP contribution in [0.5, 0.6) is 0 Å². The van der Waals surface area contributed by atoms with Crippen molar-refractivity contribution in [1.82, 2.24) is 15.2 Å². The van der Waals surface area contributed by atoms with Crippen LogP contribution >= 0.6 is 11.3 Å². The quantitative estimate of drug-likeness (QED) is 0.736. The number of aromatic nitrogens is 1. The number of carbonyl (C=O) groups excluding carboxylic acids is 2. The van der Waals surface area contributed by atoms with Gasteiger partial charge in [0, 0.05) is 0 Å². The second kappa shape index (κ2) is 5.34. The van der Waals surface area contributed by atoms with Gasteiger partial charge in [0.2, 0.25) is 5.89 Å². The van der Waals surface area contributed by atoms with E-state index >= 15 is 0 Å². The summed E-state index contributed by atoms with van der Waals surface area (Å²) >= 11 is 1.53. The highest BCUT2D eigenvalue weighted by molar-refractivity contribution is 7.13. The molecule has 122 valence electrons. The van der Waals surface area contributed by atoms with Gasteiger partial charge in [0.05, 0.1) is 17.3 Å². The summed E-state index contributed by atoms with van der Waals surface area (Å²) in [6.45, 7) is 1.57. The maximum absolute atomic E-state index is 12.7. The van der Waals surface area contributed by atoms with Gasteiger partial charge in [-0.2, -0.15) is 0 Å². The molecular weight excluding hydrogens is 330 g/mol. The number of oxazole rings is 1. The first-order valence-corrected chi connectivity index (χ1v) is 8.12. The standard InChI is InChI=1S/C16H13N3O4S/c1-16(12-5-2-6-22-12)14(20)19(15(21)18-16)9-13-17-8-10(23-13)11-4-3-7-24-11/h2-8H,9H2,1H3,(H,18,21)/t16-/m0/s1. The first-order valence-electron chi connectivity index (χ1n) is 7.24. The average molecular weight is 343 g/mol. The van der Waals surface area contributed by atoms with Crippen LogP contribution in [0.2, 0.25) is 0 Å². The minimum atomic E-state index is -1.22. The van der Waals surface area contributed by atoms with E-state index in [9.17, 15) is 9.59 Å². The molecule has 8 heteroatoms. The zero-order valence-corrected chi connectivity index (χ0v) is 13.5. The Morgan fingerprint density at radius 1 is 1.33 bits per heavy atom. The van der Waals surface area contributed by atoms with Crippen molar-refractivity contribution in [2.45, 2.75) is 19.0 Å². The third-order valence-electron chi connectivity index (χ3n) is 3.90. The van der Waals surface area contributed by atoms with Gasteiger partial charge in [-0.25, -0.2) is 9.78 Å². The van der Waals surface area contributed by atoms with Gasteiger partial charge < -0.3 is 14.2 Å². The molecule has 4 heterocycles. The molecule has 0 unspecified atom stereocenters. The maximum Gasteiger partial charge on any atom is 0.325 e. The topological polar surface area (TPSA) is 88.6 Å². The second-order valence-corrected chi connectivity index (χ2v) is 6.47. The molecule has 1 N–H and O–H groups in total. The van der Waals surface area contributed by atoms with Crippen molar-refractivity contribution < 1.29 is 18.4 Å². The Bertz CT molecular complexity index is 884.